The molecule has 0 saturated heterocycles. The van der Waals surface area contributed by atoms with Crippen molar-refractivity contribution in [1.29, 1.82) is 0 Å². The van der Waals surface area contributed by atoms with Crippen molar-refractivity contribution in [3.05, 3.63) is 65.7 Å². The Hall–Kier alpha value is -3.08. The summed E-state index contributed by atoms with van der Waals surface area (Å²) in [4.78, 5) is 27.8. The van der Waals surface area contributed by atoms with Gasteiger partial charge in [0.1, 0.15) is 0 Å². The van der Waals surface area contributed by atoms with Crippen molar-refractivity contribution in [2.24, 2.45) is 0 Å². The Bertz CT molecular complexity index is 789. The molecule has 2 rings (SSSR count). The molecule has 1 N–H and O–H groups in total. The molecule has 5 heteroatoms. The Morgan fingerprint density at radius 1 is 0.926 bits per heavy atom. The summed E-state index contributed by atoms with van der Waals surface area (Å²) in [5, 5.41) is 2.85. The first-order valence-electron chi connectivity index (χ1n) is 9.10. The largest absolute Gasteiger partial charge is 0.372 e. The van der Waals surface area contributed by atoms with Crippen LogP contribution in [-0.2, 0) is 4.79 Å². The quantitative estimate of drug-likeness (QED) is 0.758. The van der Waals surface area contributed by atoms with Crippen molar-refractivity contribution in [1.82, 2.24) is 4.90 Å². The minimum atomic E-state index is -0.195. The number of carbonyl (C=O) groups excluding carboxylic acids is 2. The van der Waals surface area contributed by atoms with Gasteiger partial charge in [-0.15, -0.1) is 0 Å². The number of hydrogen-bond acceptors (Lipinski definition) is 3. The average molecular weight is 365 g/mol. The third-order valence-corrected chi connectivity index (χ3v) is 4.25. The number of benzene rings is 2. The molecule has 0 aromatic heterocycles. The standard InChI is InChI=1S/C22H27N3O2/c1-5-25(6-2)20-14-12-19(13-15-20)23-21(26)16-9-17-7-10-18(11-8-17)22(27)24(3)4/h7-16H,5-6H2,1-4H3,(H,23,26)/b16-9+. The van der Waals surface area contributed by atoms with Crippen LogP contribution in [0.2, 0.25) is 0 Å². The minimum absolute atomic E-state index is 0.0450. The van der Waals surface area contributed by atoms with E-state index in [1.54, 1.807) is 32.3 Å². The normalized spacial score (nSPS) is 10.7. The fourth-order valence-electron chi connectivity index (χ4n) is 2.70. The molecule has 0 atom stereocenters. The Kier molecular flexibility index (Phi) is 7.17. The van der Waals surface area contributed by atoms with Gasteiger partial charge < -0.3 is 15.1 Å². The van der Waals surface area contributed by atoms with E-state index in [1.165, 1.54) is 11.0 Å². The van der Waals surface area contributed by atoms with Crippen molar-refractivity contribution in [2.75, 3.05) is 37.4 Å². The Balaban J connectivity index is 1.96. The molecule has 0 unspecified atom stereocenters. The number of amides is 2. The van der Waals surface area contributed by atoms with Gasteiger partial charge >= 0.3 is 0 Å². The third kappa shape index (κ3) is 5.71. The van der Waals surface area contributed by atoms with Crippen LogP contribution in [0, 0.1) is 0 Å². The second kappa shape index (κ2) is 9.57. The highest BCUT2D eigenvalue weighted by Crippen LogP contribution is 2.17. The van der Waals surface area contributed by atoms with E-state index >= 15 is 0 Å². The van der Waals surface area contributed by atoms with Crippen LogP contribution in [0.5, 0.6) is 0 Å². The zero-order chi connectivity index (χ0) is 19.8. The van der Waals surface area contributed by atoms with Crippen LogP contribution in [0.4, 0.5) is 11.4 Å². The molecule has 0 spiro atoms. The van der Waals surface area contributed by atoms with Crippen LogP contribution in [0.25, 0.3) is 6.08 Å². The molecule has 2 amide bonds. The number of nitrogens with one attached hydrogen (secondary N) is 1. The molecule has 0 bridgehead atoms. The van der Waals surface area contributed by atoms with E-state index in [1.807, 2.05) is 36.4 Å². The maximum atomic E-state index is 12.1. The molecule has 5 nitrogen and oxygen atoms in total. The average Bonchev–Trinajstić information content (AvgIpc) is 2.68. The van der Waals surface area contributed by atoms with Crippen molar-refractivity contribution in [3.8, 4) is 0 Å². The summed E-state index contributed by atoms with van der Waals surface area (Å²) in [5.41, 5.74) is 3.38. The molecular weight excluding hydrogens is 338 g/mol. The number of rotatable bonds is 7. The molecule has 2 aromatic rings. The Morgan fingerprint density at radius 2 is 1.52 bits per heavy atom. The van der Waals surface area contributed by atoms with Crippen molar-refractivity contribution in [2.45, 2.75) is 13.8 Å². The van der Waals surface area contributed by atoms with Crippen LogP contribution >= 0.6 is 0 Å². The number of hydrogen-bond donors (Lipinski definition) is 1. The lowest BCUT2D eigenvalue weighted by molar-refractivity contribution is -0.111. The number of anilines is 2. The van der Waals surface area contributed by atoms with Gasteiger partial charge in [0.05, 0.1) is 0 Å². The molecule has 0 fully saturated rings. The molecule has 0 aliphatic carbocycles. The van der Waals surface area contributed by atoms with Gasteiger partial charge in [-0.3, -0.25) is 9.59 Å². The van der Waals surface area contributed by atoms with Gasteiger partial charge in [0, 0.05) is 50.2 Å². The van der Waals surface area contributed by atoms with Crippen LogP contribution in [-0.4, -0.2) is 43.9 Å². The molecule has 2 aromatic carbocycles. The highest BCUT2D eigenvalue weighted by atomic mass is 16.2. The molecule has 0 aliphatic rings. The second-order valence-corrected chi connectivity index (χ2v) is 6.36. The first kappa shape index (κ1) is 20.2. The number of nitrogens with zero attached hydrogens (tertiary/aromatic N) is 2. The molecule has 0 aliphatic heterocycles. The Labute approximate surface area is 161 Å². The van der Waals surface area contributed by atoms with Crippen LogP contribution in [0.1, 0.15) is 29.8 Å². The summed E-state index contributed by atoms with van der Waals surface area (Å²) >= 11 is 0. The van der Waals surface area contributed by atoms with Crippen LogP contribution in [0.3, 0.4) is 0 Å². The summed E-state index contributed by atoms with van der Waals surface area (Å²) in [7, 11) is 3.43. The second-order valence-electron chi connectivity index (χ2n) is 6.36. The SMILES string of the molecule is CCN(CC)c1ccc(NC(=O)/C=C/c2ccc(C(=O)N(C)C)cc2)cc1. The van der Waals surface area contributed by atoms with E-state index in [0.29, 0.717) is 5.56 Å². The zero-order valence-corrected chi connectivity index (χ0v) is 16.4. The van der Waals surface area contributed by atoms with Gasteiger partial charge in [-0.05, 0) is 61.9 Å². The summed E-state index contributed by atoms with van der Waals surface area (Å²) in [6.07, 6.45) is 3.21. The minimum Gasteiger partial charge on any atom is -0.372 e. The number of carbonyl (C=O) groups is 2. The molecule has 0 radical (unpaired) electrons. The lowest BCUT2D eigenvalue weighted by Crippen LogP contribution is -2.21. The Morgan fingerprint density at radius 3 is 2.04 bits per heavy atom. The predicted octanol–water partition coefficient (Wildman–Crippen LogP) is 3.89. The summed E-state index contributed by atoms with van der Waals surface area (Å²) in [5.74, 6) is -0.240. The van der Waals surface area contributed by atoms with E-state index in [-0.39, 0.29) is 11.8 Å². The van der Waals surface area contributed by atoms with Gasteiger partial charge in [-0.2, -0.15) is 0 Å². The fraction of sp³-hybridized carbons (Fsp3) is 0.273. The zero-order valence-electron chi connectivity index (χ0n) is 16.4. The summed E-state index contributed by atoms with van der Waals surface area (Å²) in [6, 6.07) is 15.0. The maximum absolute atomic E-state index is 12.1. The van der Waals surface area contributed by atoms with E-state index < -0.39 is 0 Å². The van der Waals surface area contributed by atoms with Gasteiger partial charge in [-0.25, -0.2) is 0 Å². The lowest BCUT2D eigenvalue weighted by atomic mass is 10.1. The fourth-order valence-corrected chi connectivity index (χ4v) is 2.70. The molecule has 27 heavy (non-hydrogen) atoms. The molecule has 0 heterocycles. The van der Waals surface area contributed by atoms with Gasteiger partial charge in [-0.1, -0.05) is 12.1 Å². The lowest BCUT2D eigenvalue weighted by Gasteiger charge is -2.21. The van der Waals surface area contributed by atoms with Gasteiger partial charge in [0.25, 0.3) is 5.91 Å². The van der Waals surface area contributed by atoms with Crippen molar-refractivity contribution >= 4 is 29.3 Å². The van der Waals surface area contributed by atoms with Crippen LogP contribution in [0.15, 0.2) is 54.6 Å². The van der Waals surface area contributed by atoms with E-state index in [2.05, 4.69) is 24.1 Å². The monoisotopic (exact) mass is 365 g/mol. The van der Waals surface area contributed by atoms with Gasteiger partial charge in [0.15, 0.2) is 0 Å². The molecule has 142 valence electrons. The van der Waals surface area contributed by atoms with Crippen molar-refractivity contribution < 1.29 is 9.59 Å². The molecular formula is C22H27N3O2. The van der Waals surface area contributed by atoms with Crippen LogP contribution < -0.4 is 10.2 Å². The smallest absolute Gasteiger partial charge is 0.253 e. The highest BCUT2D eigenvalue weighted by Gasteiger charge is 2.06. The predicted molar refractivity (Wildman–Crippen MR) is 112 cm³/mol. The maximum Gasteiger partial charge on any atom is 0.253 e. The van der Waals surface area contributed by atoms with E-state index in [9.17, 15) is 9.59 Å². The topological polar surface area (TPSA) is 52.7 Å². The first-order valence-corrected chi connectivity index (χ1v) is 9.10. The van der Waals surface area contributed by atoms with E-state index in [0.717, 1.165) is 30.0 Å². The molecule has 0 saturated carbocycles. The summed E-state index contributed by atoms with van der Waals surface area (Å²) < 4.78 is 0. The van der Waals surface area contributed by atoms with Gasteiger partial charge in [0.2, 0.25) is 5.91 Å². The highest BCUT2D eigenvalue weighted by molar-refractivity contribution is 6.02. The first-order chi connectivity index (χ1) is 12.9. The summed E-state index contributed by atoms with van der Waals surface area (Å²) in [6.45, 7) is 6.13. The van der Waals surface area contributed by atoms with E-state index in [4.69, 9.17) is 0 Å². The third-order valence-electron chi connectivity index (χ3n) is 4.25. The van der Waals surface area contributed by atoms with Crippen molar-refractivity contribution in [3.63, 3.8) is 0 Å².